The second-order valence-electron chi connectivity index (χ2n) is 12.3. The van der Waals surface area contributed by atoms with E-state index in [1.165, 1.54) is 40.3 Å². The Kier molecular flexibility index (Phi) is 5.67. The van der Waals surface area contributed by atoms with Gasteiger partial charge in [0, 0.05) is 68.7 Å². The number of anilines is 3. The van der Waals surface area contributed by atoms with Gasteiger partial charge >= 0.3 is 0 Å². The van der Waals surface area contributed by atoms with Crippen molar-refractivity contribution in [1.29, 1.82) is 0 Å². The molecule has 0 saturated carbocycles. The van der Waals surface area contributed by atoms with Gasteiger partial charge in [-0.1, -0.05) is 72.8 Å². The first-order valence-electron chi connectivity index (χ1n) is 16.2. The molecule has 0 bridgehead atoms. The number of fused-ring (bicyclic) bond motifs is 11. The average molecular weight is 665 g/mol. The smallest absolute Gasteiger partial charge is 0.227 e. The number of nitrogens with zero attached hydrogens (tertiary/aromatic N) is 2. The number of hydrogen-bond acceptors (Lipinski definition) is 6. The molecule has 0 atom stereocenters. The van der Waals surface area contributed by atoms with E-state index in [4.69, 9.17) is 13.8 Å². The Labute approximate surface area is 287 Å². The molecule has 0 N–H and O–H groups in total. The first-order chi connectivity index (χ1) is 24.3. The van der Waals surface area contributed by atoms with Gasteiger partial charge in [-0.25, -0.2) is 4.98 Å². The zero-order valence-electron chi connectivity index (χ0n) is 25.9. The highest BCUT2D eigenvalue weighted by Crippen LogP contribution is 2.48. The van der Waals surface area contributed by atoms with Crippen molar-refractivity contribution in [3.8, 4) is 11.5 Å². The first-order valence-corrected chi connectivity index (χ1v) is 17.8. The predicted octanol–water partition coefficient (Wildman–Crippen LogP) is 13.6. The van der Waals surface area contributed by atoms with Crippen LogP contribution in [0.1, 0.15) is 0 Å². The van der Waals surface area contributed by atoms with Crippen molar-refractivity contribution in [2.75, 3.05) is 4.90 Å². The fourth-order valence-corrected chi connectivity index (χ4v) is 9.44. The van der Waals surface area contributed by atoms with Crippen molar-refractivity contribution in [3.63, 3.8) is 0 Å². The lowest BCUT2D eigenvalue weighted by Gasteiger charge is -2.26. The van der Waals surface area contributed by atoms with Crippen LogP contribution in [-0.4, -0.2) is 4.98 Å². The monoisotopic (exact) mass is 664 g/mol. The maximum atomic E-state index is 6.73. The van der Waals surface area contributed by atoms with Gasteiger partial charge in [0.2, 0.25) is 5.89 Å². The molecule has 0 saturated heterocycles. The normalized spacial score (nSPS) is 12.1. The van der Waals surface area contributed by atoms with Crippen molar-refractivity contribution < 1.29 is 8.83 Å². The number of para-hydroxylation sites is 1. The van der Waals surface area contributed by atoms with Crippen molar-refractivity contribution in [2.24, 2.45) is 0 Å². The van der Waals surface area contributed by atoms with Gasteiger partial charge < -0.3 is 13.7 Å². The number of aromatic nitrogens is 1. The molecule has 4 nitrogen and oxygen atoms in total. The third-order valence-corrected chi connectivity index (χ3v) is 11.8. The zero-order valence-corrected chi connectivity index (χ0v) is 27.5. The maximum absolute atomic E-state index is 6.73. The molecule has 0 aliphatic heterocycles. The Bertz CT molecular complexity index is 2960. The summed E-state index contributed by atoms with van der Waals surface area (Å²) in [5.74, 6) is 0.577. The number of rotatable bonds is 4. The fraction of sp³-hybridized carbons (Fsp3) is 0. The average Bonchev–Trinajstić information content (AvgIpc) is 3.93. The molecule has 230 valence electrons. The quantitative estimate of drug-likeness (QED) is 0.188. The summed E-state index contributed by atoms with van der Waals surface area (Å²) in [5, 5.41) is 6.92. The van der Waals surface area contributed by atoms with Gasteiger partial charge in [-0.15, -0.1) is 22.7 Å². The molecule has 6 heteroatoms. The zero-order chi connectivity index (χ0) is 32.1. The summed E-state index contributed by atoms with van der Waals surface area (Å²) >= 11 is 3.65. The molecular weight excluding hydrogens is 641 g/mol. The van der Waals surface area contributed by atoms with Crippen LogP contribution in [0.3, 0.4) is 0 Å². The lowest BCUT2D eigenvalue weighted by Crippen LogP contribution is -2.10. The van der Waals surface area contributed by atoms with Crippen LogP contribution in [0.25, 0.3) is 84.8 Å². The summed E-state index contributed by atoms with van der Waals surface area (Å²) in [5.41, 5.74) is 6.96. The molecule has 4 aromatic heterocycles. The Morgan fingerprint density at radius 2 is 1.04 bits per heavy atom. The van der Waals surface area contributed by atoms with E-state index in [1.54, 1.807) is 0 Å². The van der Waals surface area contributed by atoms with E-state index < -0.39 is 0 Å². The number of benzene rings is 7. The minimum absolute atomic E-state index is 0.577. The Morgan fingerprint density at radius 3 is 1.71 bits per heavy atom. The van der Waals surface area contributed by atoms with Crippen LogP contribution in [0.2, 0.25) is 0 Å². The Morgan fingerprint density at radius 1 is 0.469 bits per heavy atom. The van der Waals surface area contributed by atoms with E-state index in [0.29, 0.717) is 11.5 Å². The van der Waals surface area contributed by atoms with E-state index in [0.717, 1.165) is 50.1 Å². The van der Waals surface area contributed by atoms with Gasteiger partial charge in [-0.3, -0.25) is 0 Å². The number of oxazole rings is 1. The van der Waals surface area contributed by atoms with Gasteiger partial charge in [0.25, 0.3) is 0 Å². The lowest BCUT2D eigenvalue weighted by atomic mass is 10.1. The Balaban J connectivity index is 1.25. The van der Waals surface area contributed by atoms with Gasteiger partial charge in [0.1, 0.15) is 16.7 Å². The van der Waals surface area contributed by atoms with Gasteiger partial charge in [-0.2, -0.15) is 0 Å². The van der Waals surface area contributed by atoms with Crippen LogP contribution in [-0.2, 0) is 0 Å². The molecule has 0 aliphatic carbocycles. The highest BCUT2D eigenvalue weighted by molar-refractivity contribution is 7.26. The van der Waals surface area contributed by atoms with E-state index in [-0.39, 0.29) is 0 Å². The molecule has 11 aromatic rings. The summed E-state index contributed by atoms with van der Waals surface area (Å²) in [7, 11) is 0. The predicted molar refractivity (Wildman–Crippen MR) is 207 cm³/mol. The molecule has 0 spiro atoms. The molecule has 0 amide bonds. The molecule has 0 unspecified atom stereocenters. The van der Waals surface area contributed by atoms with Crippen LogP contribution in [0, 0.1) is 0 Å². The largest absolute Gasteiger partial charge is 0.456 e. The minimum Gasteiger partial charge on any atom is -0.456 e. The van der Waals surface area contributed by atoms with Crippen LogP contribution in [0.5, 0.6) is 0 Å². The topological polar surface area (TPSA) is 42.4 Å². The van der Waals surface area contributed by atoms with E-state index in [1.807, 2.05) is 71.2 Å². The van der Waals surface area contributed by atoms with Gasteiger partial charge in [-0.05, 0) is 66.7 Å². The molecule has 49 heavy (non-hydrogen) atoms. The van der Waals surface area contributed by atoms with Crippen LogP contribution < -0.4 is 4.90 Å². The molecule has 11 rings (SSSR count). The molecule has 7 aromatic carbocycles. The summed E-state index contributed by atoms with van der Waals surface area (Å²) < 4.78 is 18.4. The summed E-state index contributed by atoms with van der Waals surface area (Å²) in [6, 6.07) is 51.3. The van der Waals surface area contributed by atoms with E-state index >= 15 is 0 Å². The standard InChI is InChI=1S/C43H24N2O2S2/c1-2-10-25(11-3-1)43-44-41-33(24-35-40(42(41)47-43)30-14-4-7-15-34(30)46-35)45(26-18-20-38-31(22-26)28-12-5-8-16-36(28)48-38)27-19-21-39-32(23-27)29-13-6-9-17-37(29)49-39/h1-24H. The van der Waals surface area contributed by atoms with E-state index in [2.05, 4.69) is 102 Å². The summed E-state index contributed by atoms with van der Waals surface area (Å²) in [4.78, 5) is 7.57. The number of hydrogen-bond donors (Lipinski definition) is 0. The summed E-state index contributed by atoms with van der Waals surface area (Å²) in [6.07, 6.45) is 0. The second-order valence-corrected chi connectivity index (χ2v) is 14.5. The number of thiophene rings is 2. The minimum atomic E-state index is 0.577. The molecule has 0 aliphatic rings. The molecular formula is C43H24N2O2S2. The molecule has 4 heterocycles. The highest BCUT2D eigenvalue weighted by atomic mass is 32.1. The SMILES string of the molecule is c1ccc(-c2nc3c(N(c4ccc5sc6ccccc6c5c4)c4ccc5sc6ccccc6c5c4)cc4oc5ccccc5c4c3o2)cc1. The third-order valence-electron chi connectivity index (χ3n) is 9.49. The van der Waals surface area contributed by atoms with Crippen LogP contribution in [0.4, 0.5) is 17.1 Å². The summed E-state index contributed by atoms with van der Waals surface area (Å²) in [6.45, 7) is 0. The fourth-order valence-electron chi connectivity index (χ4n) is 7.26. The highest BCUT2D eigenvalue weighted by Gasteiger charge is 2.25. The Hall–Kier alpha value is -5.95. The van der Waals surface area contributed by atoms with Crippen molar-refractivity contribution in [3.05, 3.63) is 146 Å². The van der Waals surface area contributed by atoms with Crippen molar-refractivity contribution in [2.45, 2.75) is 0 Å². The van der Waals surface area contributed by atoms with Gasteiger partial charge in [0.05, 0.1) is 11.1 Å². The van der Waals surface area contributed by atoms with E-state index in [9.17, 15) is 0 Å². The maximum Gasteiger partial charge on any atom is 0.227 e. The van der Waals surface area contributed by atoms with Crippen LogP contribution >= 0.6 is 22.7 Å². The van der Waals surface area contributed by atoms with Crippen molar-refractivity contribution >= 4 is 113 Å². The number of furan rings is 1. The second kappa shape index (κ2) is 10.3. The van der Waals surface area contributed by atoms with Crippen LogP contribution in [0.15, 0.2) is 154 Å². The molecule has 0 radical (unpaired) electrons. The molecule has 0 fully saturated rings. The van der Waals surface area contributed by atoms with Gasteiger partial charge in [0.15, 0.2) is 5.58 Å². The third kappa shape index (κ3) is 4.05. The van der Waals surface area contributed by atoms with Crippen molar-refractivity contribution in [1.82, 2.24) is 4.98 Å². The lowest BCUT2D eigenvalue weighted by molar-refractivity contribution is 0.622. The first kappa shape index (κ1) is 27.0.